The molecular weight excluding hydrogens is 316 g/mol. The van der Waals surface area contributed by atoms with Gasteiger partial charge in [-0.15, -0.1) is 0 Å². The lowest BCUT2D eigenvalue weighted by molar-refractivity contribution is 0.289. The van der Waals surface area contributed by atoms with Crippen LogP contribution in [0.2, 0.25) is 0 Å². The summed E-state index contributed by atoms with van der Waals surface area (Å²) in [6.45, 7) is 8.46. The molecule has 112 valence electrons. The van der Waals surface area contributed by atoms with Gasteiger partial charge in [0.15, 0.2) is 0 Å². The minimum absolute atomic E-state index is 0.193. The van der Waals surface area contributed by atoms with Gasteiger partial charge in [0.1, 0.15) is 5.75 Å². The summed E-state index contributed by atoms with van der Waals surface area (Å²) in [7, 11) is 0. The zero-order valence-corrected chi connectivity index (χ0v) is 14.1. The molecule has 2 N–H and O–H groups in total. The summed E-state index contributed by atoms with van der Waals surface area (Å²) in [6.07, 6.45) is 2.93. The SMILES string of the molecule is CCN(CC)CCC(N)Cc1cc(Br)cc2c1OCC2. The summed E-state index contributed by atoms with van der Waals surface area (Å²) in [5, 5.41) is 0. The van der Waals surface area contributed by atoms with Crippen LogP contribution < -0.4 is 10.5 Å². The number of fused-ring (bicyclic) bond motifs is 1. The van der Waals surface area contributed by atoms with Crippen LogP contribution in [-0.2, 0) is 12.8 Å². The minimum atomic E-state index is 0.193. The van der Waals surface area contributed by atoms with Crippen molar-refractivity contribution >= 4 is 15.9 Å². The van der Waals surface area contributed by atoms with E-state index in [1.54, 1.807) is 0 Å². The van der Waals surface area contributed by atoms with Gasteiger partial charge in [-0.3, -0.25) is 0 Å². The molecule has 0 bridgehead atoms. The van der Waals surface area contributed by atoms with E-state index in [1.807, 2.05) is 0 Å². The highest BCUT2D eigenvalue weighted by Gasteiger charge is 2.19. The molecule has 0 saturated heterocycles. The van der Waals surface area contributed by atoms with Crippen LogP contribution in [0.3, 0.4) is 0 Å². The van der Waals surface area contributed by atoms with Crippen molar-refractivity contribution in [2.45, 2.75) is 39.2 Å². The number of nitrogens with two attached hydrogens (primary N) is 1. The molecule has 1 aliphatic rings. The van der Waals surface area contributed by atoms with Gasteiger partial charge in [-0.25, -0.2) is 0 Å². The van der Waals surface area contributed by atoms with Crippen LogP contribution in [0.1, 0.15) is 31.4 Å². The first kappa shape index (κ1) is 15.8. The van der Waals surface area contributed by atoms with Crippen molar-refractivity contribution < 1.29 is 4.74 Å². The Bertz CT molecular complexity index is 446. The van der Waals surface area contributed by atoms with E-state index in [1.165, 1.54) is 11.1 Å². The normalized spacial score (nSPS) is 15.2. The van der Waals surface area contributed by atoms with E-state index in [0.29, 0.717) is 0 Å². The van der Waals surface area contributed by atoms with Crippen molar-refractivity contribution in [1.82, 2.24) is 4.90 Å². The summed E-state index contributed by atoms with van der Waals surface area (Å²) < 4.78 is 6.90. The van der Waals surface area contributed by atoms with E-state index < -0.39 is 0 Å². The summed E-state index contributed by atoms with van der Waals surface area (Å²) in [6, 6.07) is 4.51. The summed E-state index contributed by atoms with van der Waals surface area (Å²) in [5.74, 6) is 1.08. The number of hydrogen-bond donors (Lipinski definition) is 1. The van der Waals surface area contributed by atoms with E-state index in [-0.39, 0.29) is 6.04 Å². The lowest BCUT2D eigenvalue weighted by Crippen LogP contribution is -2.31. The van der Waals surface area contributed by atoms with E-state index in [0.717, 1.165) is 55.7 Å². The Morgan fingerprint density at radius 2 is 2.10 bits per heavy atom. The van der Waals surface area contributed by atoms with Crippen molar-refractivity contribution in [3.8, 4) is 5.75 Å². The first-order valence-electron chi connectivity index (χ1n) is 7.56. The fourth-order valence-electron chi connectivity index (χ4n) is 2.77. The van der Waals surface area contributed by atoms with Crippen molar-refractivity contribution in [3.05, 3.63) is 27.7 Å². The first-order valence-corrected chi connectivity index (χ1v) is 8.35. The first-order chi connectivity index (χ1) is 9.63. The van der Waals surface area contributed by atoms with Gasteiger partial charge in [0.2, 0.25) is 0 Å². The topological polar surface area (TPSA) is 38.5 Å². The molecule has 0 radical (unpaired) electrons. The number of hydrogen-bond acceptors (Lipinski definition) is 3. The second-order valence-corrected chi connectivity index (χ2v) is 6.35. The van der Waals surface area contributed by atoms with Gasteiger partial charge < -0.3 is 15.4 Å². The molecule has 20 heavy (non-hydrogen) atoms. The Morgan fingerprint density at radius 3 is 2.80 bits per heavy atom. The maximum atomic E-state index is 6.31. The fourth-order valence-corrected chi connectivity index (χ4v) is 3.32. The molecule has 4 heteroatoms. The zero-order valence-electron chi connectivity index (χ0n) is 12.5. The molecule has 1 unspecified atom stereocenters. The Hall–Kier alpha value is -0.580. The van der Waals surface area contributed by atoms with Crippen LogP contribution in [0.15, 0.2) is 16.6 Å². The van der Waals surface area contributed by atoms with Gasteiger partial charge >= 0.3 is 0 Å². The van der Waals surface area contributed by atoms with Gasteiger partial charge in [-0.05, 0) is 55.7 Å². The second-order valence-electron chi connectivity index (χ2n) is 5.43. The molecule has 2 rings (SSSR count). The number of nitrogens with zero attached hydrogens (tertiary/aromatic N) is 1. The number of ether oxygens (including phenoxy) is 1. The third kappa shape index (κ3) is 3.96. The summed E-state index contributed by atoms with van der Waals surface area (Å²) in [5.41, 5.74) is 8.87. The third-order valence-electron chi connectivity index (χ3n) is 4.02. The Kier molecular flexibility index (Phi) is 5.87. The Balaban J connectivity index is 1.96. The third-order valence-corrected chi connectivity index (χ3v) is 4.48. The van der Waals surface area contributed by atoms with Crippen LogP contribution in [0.4, 0.5) is 0 Å². The van der Waals surface area contributed by atoms with E-state index in [2.05, 4.69) is 46.8 Å². The van der Waals surface area contributed by atoms with Crippen LogP contribution in [-0.4, -0.2) is 37.2 Å². The van der Waals surface area contributed by atoms with E-state index in [4.69, 9.17) is 10.5 Å². The highest BCUT2D eigenvalue weighted by Crippen LogP contribution is 2.33. The van der Waals surface area contributed by atoms with Crippen molar-refractivity contribution in [3.63, 3.8) is 0 Å². The molecule has 1 aromatic rings. The maximum Gasteiger partial charge on any atom is 0.125 e. The largest absolute Gasteiger partial charge is 0.493 e. The molecule has 1 atom stereocenters. The summed E-state index contributed by atoms with van der Waals surface area (Å²) >= 11 is 3.59. The molecule has 0 aliphatic carbocycles. The predicted octanol–water partition coefficient (Wildman–Crippen LogP) is 2.99. The molecule has 0 saturated carbocycles. The smallest absolute Gasteiger partial charge is 0.125 e. The highest BCUT2D eigenvalue weighted by molar-refractivity contribution is 9.10. The van der Waals surface area contributed by atoms with Crippen molar-refractivity contribution in [2.24, 2.45) is 5.73 Å². The van der Waals surface area contributed by atoms with Crippen LogP contribution >= 0.6 is 15.9 Å². The second kappa shape index (κ2) is 7.43. The predicted molar refractivity (Wildman–Crippen MR) is 87.4 cm³/mol. The van der Waals surface area contributed by atoms with Crippen molar-refractivity contribution in [2.75, 3.05) is 26.2 Å². The monoisotopic (exact) mass is 340 g/mol. The van der Waals surface area contributed by atoms with Gasteiger partial charge in [0.05, 0.1) is 6.61 Å². The zero-order chi connectivity index (χ0) is 14.5. The lowest BCUT2D eigenvalue weighted by atomic mass is 10.00. The standard InChI is InChI=1S/C16H25BrN2O/c1-3-19(4-2)7-5-15(18)11-13-10-14(17)9-12-6-8-20-16(12)13/h9-10,15H,3-8,11,18H2,1-2H3. The van der Waals surface area contributed by atoms with E-state index >= 15 is 0 Å². The van der Waals surface area contributed by atoms with Gasteiger partial charge in [0.25, 0.3) is 0 Å². The Labute approximate surface area is 130 Å². The van der Waals surface area contributed by atoms with Gasteiger partial charge in [-0.1, -0.05) is 29.8 Å². The number of benzene rings is 1. The highest BCUT2D eigenvalue weighted by atomic mass is 79.9. The molecule has 1 aromatic carbocycles. The Morgan fingerprint density at radius 1 is 1.35 bits per heavy atom. The average Bonchev–Trinajstić information content (AvgIpc) is 2.88. The molecule has 1 heterocycles. The molecular formula is C16H25BrN2O. The molecule has 0 fully saturated rings. The van der Waals surface area contributed by atoms with Crippen LogP contribution in [0.5, 0.6) is 5.75 Å². The summed E-state index contributed by atoms with van der Waals surface area (Å²) in [4.78, 5) is 2.42. The van der Waals surface area contributed by atoms with E-state index in [9.17, 15) is 0 Å². The molecule has 1 aliphatic heterocycles. The molecule has 0 amide bonds. The maximum absolute atomic E-state index is 6.31. The molecule has 0 spiro atoms. The van der Waals surface area contributed by atoms with Gasteiger partial charge in [-0.2, -0.15) is 0 Å². The average molecular weight is 341 g/mol. The lowest BCUT2D eigenvalue weighted by Gasteiger charge is -2.21. The number of halogens is 1. The minimum Gasteiger partial charge on any atom is -0.493 e. The fraction of sp³-hybridized carbons (Fsp3) is 0.625. The quantitative estimate of drug-likeness (QED) is 0.829. The number of rotatable bonds is 7. The van der Waals surface area contributed by atoms with Gasteiger partial charge in [0, 0.05) is 16.9 Å². The van der Waals surface area contributed by atoms with Crippen molar-refractivity contribution in [1.29, 1.82) is 0 Å². The van der Waals surface area contributed by atoms with Crippen LogP contribution in [0, 0.1) is 0 Å². The molecule has 3 nitrogen and oxygen atoms in total. The molecule has 0 aromatic heterocycles. The van der Waals surface area contributed by atoms with Crippen LogP contribution in [0.25, 0.3) is 0 Å².